The number of hydrogen-bond donors (Lipinski definition) is 2. The van der Waals surface area contributed by atoms with E-state index in [2.05, 4.69) is 9.88 Å². The van der Waals surface area contributed by atoms with Gasteiger partial charge in [-0.3, -0.25) is 0 Å². The van der Waals surface area contributed by atoms with Gasteiger partial charge in [0.2, 0.25) is 0 Å². The minimum atomic E-state index is -0.685. The van der Waals surface area contributed by atoms with Gasteiger partial charge in [0.1, 0.15) is 17.0 Å². The van der Waals surface area contributed by atoms with E-state index in [1.165, 1.54) is 12.4 Å². The van der Waals surface area contributed by atoms with Crippen LogP contribution in [0.1, 0.15) is 18.4 Å². The third kappa shape index (κ3) is 3.55. The largest absolute Gasteiger partial charge is 0.404 e. The van der Waals surface area contributed by atoms with Gasteiger partial charge in [0.25, 0.3) is 0 Å². The molecule has 3 N–H and O–H groups in total. The zero-order chi connectivity index (χ0) is 18.8. The number of allylic oxidation sites excluding steroid dienone is 1. The second-order valence-corrected chi connectivity index (χ2v) is 7.57. The average Bonchev–Trinajstić information content (AvgIpc) is 3.13. The van der Waals surface area contributed by atoms with E-state index in [-0.39, 0.29) is 0 Å². The molecular formula is C20H20FN5S. The minimum Gasteiger partial charge on any atom is -0.404 e. The number of fused-ring (bicyclic) bond motifs is 1. The maximum atomic E-state index is 13.3. The van der Waals surface area contributed by atoms with Gasteiger partial charge in [-0.1, -0.05) is 6.07 Å². The van der Waals surface area contributed by atoms with Gasteiger partial charge < -0.3 is 16.0 Å². The Labute approximate surface area is 160 Å². The molecule has 1 aliphatic heterocycles. The maximum absolute atomic E-state index is 13.3. The molecule has 0 aliphatic carbocycles. The molecule has 0 saturated carbocycles. The van der Waals surface area contributed by atoms with Crippen LogP contribution in [0.15, 0.2) is 42.7 Å². The fourth-order valence-corrected chi connectivity index (χ4v) is 4.23. The van der Waals surface area contributed by atoms with E-state index in [9.17, 15) is 4.39 Å². The lowest BCUT2D eigenvalue weighted by atomic mass is 10.1. The molecule has 1 fully saturated rings. The second kappa shape index (κ2) is 7.44. The van der Waals surface area contributed by atoms with Crippen molar-refractivity contribution in [3.05, 3.63) is 48.3 Å². The van der Waals surface area contributed by atoms with Gasteiger partial charge in [-0.15, -0.1) is 11.3 Å². The lowest BCUT2D eigenvalue weighted by Crippen LogP contribution is -2.34. The summed E-state index contributed by atoms with van der Waals surface area (Å²) in [5, 5.41) is 8.34. The molecule has 7 heteroatoms. The highest BCUT2D eigenvalue weighted by Crippen LogP contribution is 2.32. The van der Waals surface area contributed by atoms with Gasteiger partial charge in [-0.2, -0.15) is 0 Å². The maximum Gasteiger partial charge on any atom is 0.128 e. The lowest BCUT2D eigenvalue weighted by molar-refractivity contribution is 0.277. The Morgan fingerprint density at radius 3 is 2.74 bits per heavy atom. The van der Waals surface area contributed by atoms with Gasteiger partial charge in [0.05, 0.1) is 10.2 Å². The molecule has 1 aromatic carbocycles. The van der Waals surface area contributed by atoms with E-state index >= 15 is 0 Å². The number of aromatic nitrogens is 2. The van der Waals surface area contributed by atoms with E-state index < -0.39 is 6.17 Å². The summed E-state index contributed by atoms with van der Waals surface area (Å²) >= 11 is 1.59. The first-order chi connectivity index (χ1) is 13.2. The van der Waals surface area contributed by atoms with Gasteiger partial charge in [-0.05, 0) is 42.7 Å². The standard InChI is InChI=1S/C20H20FN5S/c21-16-5-7-26(8-6-16)19-4-2-14(12-24-19)20-25-17-3-1-13(9-18(17)27-20)15(10-22)11-23/h1-4,9-12,16,22H,5-8,23H2/b15-11+,22-10?. The summed E-state index contributed by atoms with van der Waals surface area (Å²) in [5.74, 6) is 0.887. The van der Waals surface area contributed by atoms with E-state index in [1.807, 2.05) is 36.5 Å². The number of nitrogens with one attached hydrogen (secondary N) is 1. The molecule has 0 unspecified atom stereocenters. The summed E-state index contributed by atoms with van der Waals surface area (Å²) in [6, 6.07) is 9.87. The molecule has 3 aromatic rings. The molecule has 3 heterocycles. The third-order valence-corrected chi connectivity index (χ3v) is 5.87. The molecular weight excluding hydrogens is 361 g/mol. The van der Waals surface area contributed by atoms with Gasteiger partial charge in [-0.25, -0.2) is 14.4 Å². The number of halogens is 1. The summed E-state index contributed by atoms with van der Waals surface area (Å²) in [6.45, 7) is 1.42. The summed E-state index contributed by atoms with van der Waals surface area (Å²) in [7, 11) is 0. The Kier molecular flexibility index (Phi) is 4.85. The fraction of sp³-hybridized carbons (Fsp3) is 0.250. The van der Waals surface area contributed by atoms with Crippen LogP contribution in [0, 0.1) is 5.41 Å². The monoisotopic (exact) mass is 381 g/mol. The number of rotatable bonds is 4. The molecule has 4 rings (SSSR count). The Morgan fingerprint density at radius 2 is 2.07 bits per heavy atom. The molecule has 0 atom stereocenters. The number of alkyl halides is 1. The first-order valence-electron chi connectivity index (χ1n) is 8.86. The molecule has 138 valence electrons. The SMILES string of the molecule is N=C/C(=C\N)c1ccc2nc(-c3ccc(N4CCC(F)CC4)nc3)sc2c1. The molecule has 0 spiro atoms. The average molecular weight is 381 g/mol. The van der Waals surface area contributed by atoms with Crippen molar-refractivity contribution in [2.45, 2.75) is 19.0 Å². The highest BCUT2D eigenvalue weighted by molar-refractivity contribution is 7.21. The Bertz CT molecular complexity index is 987. The zero-order valence-electron chi connectivity index (χ0n) is 14.7. The van der Waals surface area contributed by atoms with Crippen molar-refractivity contribution in [2.75, 3.05) is 18.0 Å². The molecule has 0 amide bonds. The normalized spacial score (nSPS) is 16.0. The summed E-state index contributed by atoms with van der Waals surface area (Å²) < 4.78 is 14.3. The first kappa shape index (κ1) is 17.6. The minimum absolute atomic E-state index is 0.568. The number of anilines is 1. The number of pyridine rings is 1. The Morgan fingerprint density at radius 1 is 1.26 bits per heavy atom. The van der Waals surface area contributed by atoms with Crippen LogP contribution in [0.2, 0.25) is 0 Å². The van der Waals surface area contributed by atoms with Crippen LogP contribution in [0.4, 0.5) is 10.2 Å². The van der Waals surface area contributed by atoms with E-state index in [1.54, 1.807) is 11.3 Å². The molecule has 1 saturated heterocycles. The molecule has 0 bridgehead atoms. The van der Waals surface area contributed by atoms with Crippen LogP contribution in [0.3, 0.4) is 0 Å². The molecule has 2 aromatic heterocycles. The number of hydrogen-bond acceptors (Lipinski definition) is 6. The summed E-state index contributed by atoms with van der Waals surface area (Å²) in [6.07, 6.45) is 4.97. The van der Waals surface area contributed by atoms with Gasteiger partial charge in [0, 0.05) is 42.8 Å². The molecule has 27 heavy (non-hydrogen) atoms. The summed E-state index contributed by atoms with van der Waals surface area (Å²) in [4.78, 5) is 11.4. The highest BCUT2D eigenvalue weighted by Gasteiger charge is 2.19. The van der Waals surface area contributed by atoms with Crippen LogP contribution in [-0.4, -0.2) is 35.4 Å². The van der Waals surface area contributed by atoms with Gasteiger partial charge in [0.15, 0.2) is 0 Å². The van der Waals surface area contributed by atoms with Crippen LogP contribution >= 0.6 is 11.3 Å². The highest BCUT2D eigenvalue weighted by atomic mass is 32.1. The number of benzene rings is 1. The predicted octanol–water partition coefficient (Wildman–Crippen LogP) is 4.25. The van der Waals surface area contributed by atoms with Crippen molar-refractivity contribution < 1.29 is 4.39 Å². The number of piperidine rings is 1. The van der Waals surface area contributed by atoms with Crippen LogP contribution in [0.5, 0.6) is 0 Å². The quantitative estimate of drug-likeness (QED) is 0.663. The summed E-state index contributed by atoms with van der Waals surface area (Å²) in [5.41, 5.74) is 9.03. The van der Waals surface area contributed by atoms with E-state index in [0.29, 0.717) is 31.5 Å². The van der Waals surface area contributed by atoms with Gasteiger partial charge >= 0.3 is 0 Å². The van der Waals surface area contributed by atoms with Crippen molar-refractivity contribution in [2.24, 2.45) is 5.73 Å². The van der Waals surface area contributed by atoms with Crippen molar-refractivity contribution in [1.82, 2.24) is 9.97 Å². The topological polar surface area (TPSA) is 78.9 Å². The van der Waals surface area contributed by atoms with Crippen LogP contribution < -0.4 is 10.6 Å². The Hall–Kier alpha value is -2.80. The van der Waals surface area contributed by atoms with Crippen molar-refractivity contribution in [3.8, 4) is 10.6 Å². The second-order valence-electron chi connectivity index (χ2n) is 6.53. The van der Waals surface area contributed by atoms with Crippen LogP contribution in [0.25, 0.3) is 26.4 Å². The van der Waals surface area contributed by atoms with E-state index in [4.69, 9.17) is 16.1 Å². The number of nitrogens with zero attached hydrogens (tertiary/aromatic N) is 3. The van der Waals surface area contributed by atoms with Crippen molar-refractivity contribution in [3.63, 3.8) is 0 Å². The van der Waals surface area contributed by atoms with Crippen LogP contribution in [-0.2, 0) is 0 Å². The molecule has 0 radical (unpaired) electrons. The fourth-order valence-electron chi connectivity index (χ4n) is 3.23. The van der Waals surface area contributed by atoms with Crippen molar-refractivity contribution >= 4 is 39.2 Å². The van der Waals surface area contributed by atoms with E-state index in [0.717, 1.165) is 32.2 Å². The predicted molar refractivity (Wildman–Crippen MR) is 110 cm³/mol. The zero-order valence-corrected chi connectivity index (χ0v) is 15.5. The third-order valence-electron chi connectivity index (χ3n) is 4.80. The van der Waals surface area contributed by atoms with Crippen molar-refractivity contribution in [1.29, 1.82) is 5.41 Å². The molecule has 5 nitrogen and oxygen atoms in total. The lowest BCUT2D eigenvalue weighted by Gasteiger charge is -2.29. The molecule has 1 aliphatic rings. The number of nitrogens with two attached hydrogens (primary N) is 1. The number of thiazole rings is 1. The smallest absolute Gasteiger partial charge is 0.128 e. The first-order valence-corrected chi connectivity index (χ1v) is 9.68. The Balaban J connectivity index is 1.59.